The van der Waals surface area contributed by atoms with Crippen molar-refractivity contribution in [2.24, 2.45) is 5.73 Å². The largest absolute Gasteiger partial charge is 0.489 e. The van der Waals surface area contributed by atoms with Crippen LogP contribution in [-0.4, -0.2) is 35.5 Å². The summed E-state index contributed by atoms with van der Waals surface area (Å²) in [4.78, 5) is 13.5. The summed E-state index contributed by atoms with van der Waals surface area (Å²) in [6.45, 7) is 3.25. The Morgan fingerprint density at radius 1 is 1.31 bits per heavy atom. The normalized spacial score (nSPS) is 19.9. The van der Waals surface area contributed by atoms with Crippen LogP contribution < -0.4 is 10.5 Å². The molecule has 0 bridgehead atoms. The number of aliphatic hydroxyl groups is 1. The van der Waals surface area contributed by atoms with E-state index in [1.54, 1.807) is 18.2 Å². The van der Waals surface area contributed by atoms with Gasteiger partial charge in [-0.05, 0) is 68.8 Å². The molecule has 26 heavy (non-hydrogen) atoms. The quantitative estimate of drug-likeness (QED) is 0.836. The number of rotatable bonds is 6. The molecule has 1 saturated heterocycles. The maximum atomic E-state index is 11.2. The highest BCUT2D eigenvalue weighted by Gasteiger charge is 2.38. The van der Waals surface area contributed by atoms with Crippen LogP contribution in [0.1, 0.15) is 41.3 Å². The molecule has 1 unspecified atom stereocenters. The van der Waals surface area contributed by atoms with Crippen LogP contribution in [0.4, 0.5) is 0 Å². The molecule has 5 nitrogen and oxygen atoms in total. The third-order valence-corrected chi connectivity index (χ3v) is 5.23. The van der Waals surface area contributed by atoms with Gasteiger partial charge in [-0.2, -0.15) is 0 Å². The Labute approximate surface area is 154 Å². The first-order valence-corrected chi connectivity index (χ1v) is 8.92. The second-order valence-corrected chi connectivity index (χ2v) is 7.16. The van der Waals surface area contributed by atoms with E-state index in [1.807, 2.05) is 37.3 Å². The van der Waals surface area contributed by atoms with Gasteiger partial charge < -0.3 is 20.5 Å². The summed E-state index contributed by atoms with van der Waals surface area (Å²) in [5.41, 5.74) is 6.65. The molecule has 0 spiro atoms. The first-order chi connectivity index (χ1) is 12.4. The highest BCUT2D eigenvalue weighted by Crippen LogP contribution is 2.34. The molecule has 1 aliphatic rings. The number of carbonyl (C=O) groups is 1. The zero-order valence-corrected chi connectivity index (χ0v) is 15.3. The number of likely N-dealkylation sites (tertiary alicyclic amines) is 1. The maximum Gasteiger partial charge on any atom is 0.248 e. The molecule has 2 atom stereocenters. The lowest BCUT2D eigenvalue weighted by Gasteiger charge is -2.35. The zero-order chi connectivity index (χ0) is 18.7. The Hall–Kier alpha value is -2.37. The fraction of sp³-hybridized carbons (Fsp3) is 0.381. The highest BCUT2D eigenvalue weighted by atomic mass is 16.5. The van der Waals surface area contributed by atoms with Crippen molar-refractivity contribution >= 4 is 5.91 Å². The third kappa shape index (κ3) is 3.89. The van der Waals surface area contributed by atoms with Crippen LogP contribution in [0.3, 0.4) is 0 Å². The van der Waals surface area contributed by atoms with Gasteiger partial charge >= 0.3 is 0 Å². The van der Waals surface area contributed by atoms with Crippen LogP contribution in [0.25, 0.3) is 0 Å². The van der Waals surface area contributed by atoms with Crippen molar-refractivity contribution in [2.75, 3.05) is 13.6 Å². The van der Waals surface area contributed by atoms with Gasteiger partial charge in [0.05, 0.1) is 0 Å². The van der Waals surface area contributed by atoms with Gasteiger partial charge in [-0.1, -0.05) is 24.3 Å². The summed E-state index contributed by atoms with van der Waals surface area (Å²) < 4.78 is 5.80. The number of hydrogen-bond donors (Lipinski definition) is 2. The Kier molecular flexibility index (Phi) is 5.30. The summed E-state index contributed by atoms with van der Waals surface area (Å²) in [5, 5.41) is 11.0. The Bertz CT molecular complexity index is 771. The minimum Gasteiger partial charge on any atom is -0.489 e. The van der Waals surface area contributed by atoms with Crippen molar-refractivity contribution in [3.05, 3.63) is 65.2 Å². The number of amides is 1. The fourth-order valence-corrected chi connectivity index (χ4v) is 3.68. The standard InChI is InChI=1S/C21H26N2O3/c1-21(25,19-7-4-12-23(19)2)17-8-10-18(11-9-17)26-14-15-5-3-6-16(13-15)20(22)24/h3,5-6,8-11,13,19,25H,4,7,12,14H2,1-2H3,(H2,22,24)/t19-,21?/m1/s1. The maximum absolute atomic E-state index is 11.2. The lowest BCUT2D eigenvalue weighted by Crippen LogP contribution is -2.43. The summed E-state index contributed by atoms with van der Waals surface area (Å²) in [5.74, 6) is 0.268. The van der Waals surface area contributed by atoms with Crippen LogP contribution in [0.5, 0.6) is 5.75 Å². The van der Waals surface area contributed by atoms with Crippen LogP contribution in [-0.2, 0) is 12.2 Å². The molecule has 2 aromatic rings. The Morgan fingerprint density at radius 3 is 2.65 bits per heavy atom. The molecule has 1 aliphatic heterocycles. The molecule has 2 aromatic carbocycles. The predicted molar refractivity (Wildman–Crippen MR) is 101 cm³/mol. The molecule has 1 heterocycles. The number of hydrogen-bond acceptors (Lipinski definition) is 4. The molecule has 5 heteroatoms. The van der Waals surface area contributed by atoms with Gasteiger partial charge in [0.2, 0.25) is 5.91 Å². The second kappa shape index (κ2) is 7.48. The van der Waals surface area contributed by atoms with E-state index in [-0.39, 0.29) is 6.04 Å². The number of nitrogens with two attached hydrogens (primary N) is 1. The molecule has 138 valence electrons. The first-order valence-electron chi connectivity index (χ1n) is 8.92. The van der Waals surface area contributed by atoms with E-state index in [9.17, 15) is 9.90 Å². The fourth-order valence-electron chi connectivity index (χ4n) is 3.68. The molecule has 0 radical (unpaired) electrons. The summed E-state index contributed by atoms with van der Waals surface area (Å²) in [6, 6.07) is 14.8. The number of likely N-dealkylation sites (N-methyl/N-ethyl adjacent to an activating group) is 1. The molecule has 1 amide bonds. The number of nitrogens with zero attached hydrogens (tertiary/aromatic N) is 1. The minimum absolute atomic E-state index is 0.130. The van der Waals surface area contributed by atoms with Crippen molar-refractivity contribution in [2.45, 2.75) is 38.0 Å². The van der Waals surface area contributed by atoms with E-state index in [4.69, 9.17) is 10.5 Å². The number of ether oxygens (including phenoxy) is 1. The minimum atomic E-state index is -0.889. The molecule has 0 aliphatic carbocycles. The van der Waals surface area contributed by atoms with Crippen molar-refractivity contribution in [3.63, 3.8) is 0 Å². The topological polar surface area (TPSA) is 75.8 Å². The lowest BCUT2D eigenvalue weighted by atomic mass is 9.87. The average Bonchev–Trinajstić information content (AvgIpc) is 3.07. The summed E-state index contributed by atoms with van der Waals surface area (Å²) in [6.07, 6.45) is 2.11. The molecule has 0 saturated carbocycles. The number of primary amides is 1. The van der Waals surface area contributed by atoms with E-state index >= 15 is 0 Å². The molecule has 0 aromatic heterocycles. The van der Waals surface area contributed by atoms with Gasteiger partial charge in [-0.3, -0.25) is 4.79 Å². The molecular weight excluding hydrogens is 328 g/mol. The zero-order valence-electron chi connectivity index (χ0n) is 15.3. The van der Waals surface area contributed by atoms with Crippen molar-refractivity contribution in [1.29, 1.82) is 0 Å². The molecule has 3 rings (SSSR count). The predicted octanol–water partition coefficient (Wildman–Crippen LogP) is 2.67. The third-order valence-electron chi connectivity index (χ3n) is 5.23. The van der Waals surface area contributed by atoms with Gasteiger partial charge in [0.25, 0.3) is 0 Å². The van der Waals surface area contributed by atoms with Crippen molar-refractivity contribution < 1.29 is 14.6 Å². The van der Waals surface area contributed by atoms with E-state index < -0.39 is 11.5 Å². The lowest BCUT2D eigenvalue weighted by molar-refractivity contribution is -0.0153. The van der Waals surface area contributed by atoms with Crippen molar-refractivity contribution in [1.82, 2.24) is 4.90 Å². The number of benzene rings is 2. The summed E-state index contributed by atoms with van der Waals surface area (Å²) in [7, 11) is 2.06. The monoisotopic (exact) mass is 354 g/mol. The van der Waals surface area contributed by atoms with Gasteiger partial charge in [0, 0.05) is 11.6 Å². The van der Waals surface area contributed by atoms with Gasteiger partial charge in [-0.25, -0.2) is 0 Å². The smallest absolute Gasteiger partial charge is 0.248 e. The van der Waals surface area contributed by atoms with Crippen LogP contribution >= 0.6 is 0 Å². The van der Waals surface area contributed by atoms with Crippen LogP contribution in [0.2, 0.25) is 0 Å². The van der Waals surface area contributed by atoms with Gasteiger partial charge in [0.1, 0.15) is 18.0 Å². The second-order valence-electron chi connectivity index (χ2n) is 7.16. The molecular formula is C21H26N2O3. The van der Waals surface area contributed by atoms with E-state index in [1.165, 1.54) is 0 Å². The van der Waals surface area contributed by atoms with Crippen LogP contribution in [0.15, 0.2) is 48.5 Å². The van der Waals surface area contributed by atoms with E-state index in [0.29, 0.717) is 17.9 Å². The first kappa shape index (κ1) is 18.4. The Balaban J connectivity index is 1.66. The molecule has 3 N–H and O–H groups in total. The SMILES string of the molecule is CN1CCC[C@@H]1C(C)(O)c1ccc(OCc2cccc(C(N)=O)c2)cc1. The molecule has 1 fully saturated rings. The van der Waals surface area contributed by atoms with Crippen LogP contribution in [0, 0.1) is 0 Å². The van der Waals surface area contributed by atoms with Gasteiger partial charge in [0.15, 0.2) is 0 Å². The Morgan fingerprint density at radius 2 is 2.04 bits per heavy atom. The highest BCUT2D eigenvalue weighted by molar-refractivity contribution is 5.92. The van der Waals surface area contributed by atoms with E-state index in [2.05, 4.69) is 11.9 Å². The van der Waals surface area contributed by atoms with Gasteiger partial charge in [-0.15, -0.1) is 0 Å². The summed E-state index contributed by atoms with van der Waals surface area (Å²) >= 11 is 0. The number of carbonyl (C=O) groups excluding carboxylic acids is 1. The average molecular weight is 354 g/mol. The van der Waals surface area contributed by atoms with E-state index in [0.717, 1.165) is 30.5 Å². The van der Waals surface area contributed by atoms with Crippen molar-refractivity contribution in [3.8, 4) is 5.75 Å².